The predicted octanol–water partition coefficient (Wildman–Crippen LogP) is 3.95. The van der Waals surface area contributed by atoms with Gasteiger partial charge in [-0.05, 0) is 44.2 Å². The molecule has 1 aliphatic rings. The summed E-state index contributed by atoms with van der Waals surface area (Å²) in [6, 6.07) is 7.46. The van der Waals surface area contributed by atoms with Gasteiger partial charge in [0.2, 0.25) is 10.0 Å². The van der Waals surface area contributed by atoms with Crippen LogP contribution in [-0.2, 0) is 16.2 Å². The molecule has 0 spiro atoms. The molecule has 30 heavy (non-hydrogen) atoms. The van der Waals surface area contributed by atoms with E-state index in [9.17, 15) is 30.8 Å². The number of anilines is 1. The van der Waals surface area contributed by atoms with Crippen molar-refractivity contribution in [3.8, 4) is 0 Å². The monoisotopic (exact) mass is 444 g/mol. The number of ketones is 1. The van der Waals surface area contributed by atoms with E-state index in [1.807, 2.05) is 0 Å². The summed E-state index contributed by atoms with van der Waals surface area (Å²) in [6.07, 6.45) is -4.74. The Bertz CT molecular complexity index is 1070. The lowest BCUT2D eigenvalue weighted by atomic mass is 10.1. The average molecular weight is 444 g/mol. The summed E-state index contributed by atoms with van der Waals surface area (Å²) >= 11 is 0. The summed E-state index contributed by atoms with van der Waals surface area (Å²) < 4.78 is 80.7. The van der Waals surface area contributed by atoms with Gasteiger partial charge in [0.05, 0.1) is 10.5 Å². The Labute approximate surface area is 172 Å². The van der Waals surface area contributed by atoms with Crippen LogP contribution in [0.3, 0.4) is 0 Å². The smallest absolute Gasteiger partial charge is 0.368 e. The fourth-order valence-electron chi connectivity index (χ4n) is 3.54. The van der Waals surface area contributed by atoms with Gasteiger partial charge in [0, 0.05) is 36.9 Å². The minimum absolute atomic E-state index is 0.000339. The number of hydrogen-bond acceptors (Lipinski definition) is 4. The van der Waals surface area contributed by atoms with Gasteiger partial charge in [0.15, 0.2) is 5.78 Å². The summed E-state index contributed by atoms with van der Waals surface area (Å²) in [7, 11) is -3.95. The standard InChI is InChI=1S/C20H20F4N2O3S/c1-13-12-25(19-7-6-16(21)11-18(19)20(22,23)24)8-9-26(13)30(28,29)17-5-3-4-15(10-17)14(2)27/h3-7,10-11,13H,8-9,12H2,1-2H3/t13-/m1/s1. The molecule has 1 saturated heterocycles. The lowest BCUT2D eigenvalue weighted by molar-refractivity contribution is -0.137. The number of hydrogen-bond donors (Lipinski definition) is 0. The molecule has 0 bridgehead atoms. The van der Waals surface area contributed by atoms with Gasteiger partial charge in [0.1, 0.15) is 5.82 Å². The van der Waals surface area contributed by atoms with E-state index in [1.54, 1.807) is 6.92 Å². The molecule has 2 aromatic rings. The average Bonchev–Trinajstić information content (AvgIpc) is 2.67. The second kappa shape index (κ2) is 7.99. The fraction of sp³-hybridized carbons (Fsp3) is 0.350. The maximum atomic E-state index is 13.4. The Morgan fingerprint density at radius 1 is 1.10 bits per heavy atom. The summed E-state index contributed by atoms with van der Waals surface area (Å²) in [4.78, 5) is 12.9. The highest BCUT2D eigenvalue weighted by atomic mass is 32.2. The number of Topliss-reactive ketones (excluding diaryl/α,β-unsaturated/α-hetero) is 1. The number of nitrogens with zero attached hydrogens (tertiary/aromatic N) is 2. The maximum Gasteiger partial charge on any atom is 0.418 e. The minimum Gasteiger partial charge on any atom is -0.368 e. The van der Waals surface area contributed by atoms with Crippen molar-refractivity contribution in [1.29, 1.82) is 0 Å². The van der Waals surface area contributed by atoms with Crippen LogP contribution in [0, 0.1) is 5.82 Å². The second-order valence-corrected chi connectivity index (χ2v) is 9.04. The molecule has 0 saturated carbocycles. The van der Waals surface area contributed by atoms with Crippen LogP contribution in [-0.4, -0.2) is 44.2 Å². The first-order valence-corrected chi connectivity index (χ1v) is 10.6. The highest BCUT2D eigenvalue weighted by Gasteiger charge is 2.39. The molecule has 1 fully saturated rings. The molecule has 1 atom stereocenters. The number of rotatable bonds is 4. The molecule has 1 heterocycles. The second-order valence-electron chi connectivity index (χ2n) is 7.15. The van der Waals surface area contributed by atoms with Crippen molar-refractivity contribution in [3.05, 3.63) is 59.4 Å². The molecule has 162 valence electrons. The van der Waals surface area contributed by atoms with Crippen LogP contribution in [0.1, 0.15) is 29.8 Å². The van der Waals surface area contributed by atoms with Gasteiger partial charge in [0.25, 0.3) is 0 Å². The molecule has 0 unspecified atom stereocenters. The van der Waals surface area contributed by atoms with Crippen LogP contribution in [0.15, 0.2) is 47.4 Å². The van der Waals surface area contributed by atoms with Crippen molar-refractivity contribution < 1.29 is 30.8 Å². The van der Waals surface area contributed by atoms with E-state index in [-0.39, 0.29) is 41.6 Å². The van der Waals surface area contributed by atoms with E-state index in [2.05, 4.69) is 0 Å². The predicted molar refractivity (Wildman–Crippen MR) is 103 cm³/mol. The van der Waals surface area contributed by atoms with Crippen molar-refractivity contribution in [2.45, 2.75) is 31.0 Å². The molecule has 0 radical (unpaired) electrons. The topological polar surface area (TPSA) is 57.7 Å². The highest BCUT2D eigenvalue weighted by molar-refractivity contribution is 7.89. The van der Waals surface area contributed by atoms with Gasteiger partial charge in [-0.2, -0.15) is 17.5 Å². The van der Waals surface area contributed by atoms with Crippen molar-refractivity contribution in [2.75, 3.05) is 24.5 Å². The van der Waals surface area contributed by atoms with E-state index in [4.69, 9.17) is 0 Å². The van der Waals surface area contributed by atoms with Gasteiger partial charge in [-0.1, -0.05) is 12.1 Å². The third-order valence-electron chi connectivity index (χ3n) is 5.02. The number of benzene rings is 2. The molecule has 0 amide bonds. The fourth-order valence-corrected chi connectivity index (χ4v) is 5.20. The van der Waals surface area contributed by atoms with Crippen LogP contribution in [0.4, 0.5) is 23.2 Å². The van der Waals surface area contributed by atoms with E-state index in [1.165, 1.54) is 40.4 Å². The lowest BCUT2D eigenvalue weighted by Gasteiger charge is -2.40. The number of carbonyl (C=O) groups excluding carboxylic acids is 1. The first kappa shape index (κ1) is 22.2. The van der Waals surface area contributed by atoms with E-state index in [0.29, 0.717) is 6.07 Å². The lowest BCUT2D eigenvalue weighted by Crippen LogP contribution is -2.54. The molecule has 2 aromatic carbocycles. The molecule has 0 N–H and O–H groups in total. The van der Waals surface area contributed by atoms with Crippen LogP contribution >= 0.6 is 0 Å². The third-order valence-corrected chi connectivity index (χ3v) is 7.03. The van der Waals surface area contributed by atoms with Crippen molar-refractivity contribution in [3.63, 3.8) is 0 Å². The quantitative estimate of drug-likeness (QED) is 0.530. The summed E-state index contributed by atoms with van der Waals surface area (Å²) in [5.74, 6) is -1.27. The number of sulfonamides is 1. The van der Waals surface area contributed by atoms with Gasteiger partial charge in [-0.3, -0.25) is 4.79 Å². The van der Waals surface area contributed by atoms with Crippen molar-refractivity contribution >= 4 is 21.5 Å². The van der Waals surface area contributed by atoms with Crippen molar-refractivity contribution in [2.24, 2.45) is 0 Å². The van der Waals surface area contributed by atoms with E-state index >= 15 is 0 Å². The van der Waals surface area contributed by atoms with Crippen LogP contribution in [0.5, 0.6) is 0 Å². The normalized spacial score (nSPS) is 18.5. The first-order chi connectivity index (χ1) is 13.9. The molecule has 10 heteroatoms. The van der Waals surface area contributed by atoms with Gasteiger partial charge in [-0.25, -0.2) is 12.8 Å². The number of carbonyl (C=O) groups is 1. The molecule has 1 aliphatic heterocycles. The SMILES string of the molecule is CC(=O)c1cccc(S(=O)(=O)N2CCN(c3ccc(F)cc3C(F)(F)F)C[C@H]2C)c1. The maximum absolute atomic E-state index is 13.4. The molecule has 0 aromatic heterocycles. The molecule has 5 nitrogen and oxygen atoms in total. The first-order valence-electron chi connectivity index (χ1n) is 9.16. The van der Waals surface area contributed by atoms with Crippen molar-refractivity contribution in [1.82, 2.24) is 4.31 Å². The number of alkyl halides is 3. The zero-order valence-corrected chi connectivity index (χ0v) is 17.1. The number of halogens is 4. The Kier molecular flexibility index (Phi) is 5.92. The Morgan fingerprint density at radius 2 is 1.80 bits per heavy atom. The minimum atomic E-state index is -4.74. The summed E-state index contributed by atoms with van der Waals surface area (Å²) in [5, 5.41) is 0. The van der Waals surface area contributed by atoms with Crippen LogP contribution in [0.2, 0.25) is 0 Å². The summed E-state index contributed by atoms with van der Waals surface area (Å²) in [5.41, 5.74) is -1.03. The highest BCUT2D eigenvalue weighted by Crippen LogP contribution is 2.38. The van der Waals surface area contributed by atoms with Crippen LogP contribution in [0.25, 0.3) is 0 Å². The Morgan fingerprint density at radius 3 is 2.40 bits per heavy atom. The molecule has 0 aliphatic carbocycles. The molecule has 3 rings (SSSR count). The molecular weight excluding hydrogens is 424 g/mol. The largest absolute Gasteiger partial charge is 0.418 e. The Hall–Kier alpha value is -2.46. The number of piperazine rings is 1. The molecular formula is C20H20F4N2O3S. The third kappa shape index (κ3) is 4.34. The van der Waals surface area contributed by atoms with E-state index < -0.39 is 33.6 Å². The van der Waals surface area contributed by atoms with Gasteiger partial charge in [-0.15, -0.1) is 0 Å². The summed E-state index contributed by atoms with van der Waals surface area (Å²) in [6.45, 7) is 2.87. The van der Waals surface area contributed by atoms with Gasteiger partial charge >= 0.3 is 6.18 Å². The zero-order chi connectivity index (χ0) is 22.3. The van der Waals surface area contributed by atoms with E-state index in [0.717, 1.165) is 12.1 Å². The Balaban J connectivity index is 1.88. The van der Waals surface area contributed by atoms with Crippen LogP contribution < -0.4 is 4.90 Å². The van der Waals surface area contributed by atoms with Gasteiger partial charge < -0.3 is 4.90 Å². The zero-order valence-electron chi connectivity index (χ0n) is 16.3.